The van der Waals surface area contributed by atoms with Crippen molar-refractivity contribution in [3.8, 4) is 11.4 Å². The maximum absolute atomic E-state index is 13.3. The number of rotatable bonds is 4. The number of benzene rings is 2. The Labute approximate surface area is 222 Å². The topological polar surface area (TPSA) is 93.4 Å². The van der Waals surface area contributed by atoms with E-state index in [1.54, 1.807) is 25.7 Å². The number of anilines is 2. The van der Waals surface area contributed by atoms with Gasteiger partial charge < -0.3 is 19.4 Å². The Kier molecular flexibility index (Phi) is 6.75. The highest BCUT2D eigenvalue weighted by atomic mass is 19.4. The lowest BCUT2D eigenvalue weighted by Gasteiger charge is -2.29. The van der Waals surface area contributed by atoms with Gasteiger partial charge in [0, 0.05) is 24.2 Å². The van der Waals surface area contributed by atoms with Crippen molar-refractivity contribution in [2.45, 2.75) is 39.0 Å². The number of nitrogens with zero attached hydrogens (tertiary/aromatic N) is 4. The summed E-state index contributed by atoms with van der Waals surface area (Å²) in [6, 6.07) is 12.2. The van der Waals surface area contributed by atoms with E-state index in [1.165, 1.54) is 18.4 Å². The minimum atomic E-state index is -4.49. The van der Waals surface area contributed by atoms with Crippen LogP contribution in [0, 0.1) is 0 Å². The monoisotopic (exact) mass is 537 g/mol. The Morgan fingerprint density at radius 2 is 1.79 bits per heavy atom. The number of carbonyl (C=O) groups excluding carboxylic acids is 1. The van der Waals surface area contributed by atoms with Gasteiger partial charge in [0.15, 0.2) is 11.6 Å². The molecule has 0 radical (unpaired) electrons. The van der Waals surface area contributed by atoms with Crippen LogP contribution >= 0.6 is 0 Å². The van der Waals surface area contributed by atoms with E-state index in [0.717, 1.165) is 23.1 Å². The van der Waals surface area contributed by atoms with E-state index in [2.05, 4.69) is 20.3 Å². The average Bonchev–Trinajstić information content (AvgIpc) is 3.32. The standard InChI is InChI=1S/C28H26F3N5O3/c1-27(2,3)39-26(37)36-13-11-17(12-14-36)23-33-24(21-16-38-22-10-5-4-9-20(21)22)35-25(34-23)32-19-8-6-7-18(15-19)28(29,30)31/h4-11,15-16H,12-14H2,1-3H3,(H,32,33,34,35). The highest BCUT2D eigenvalue weighted by Crippen LogP contribution is 2.33. The first-order valence-corrected chi connectivity index (χ1v) is 12.3. The summed E-state index contributed by atoms with van der Waals surface area (Å²) < 4.78 is 50.9. The fourth-order valence-electron chi connectivity index (χ4n) is 4.11. The number of amides is 1. The fourth-order valence-corrected chi connectivity index (χ4v) is 4.11. The Balaban J connectivity index is 1.51. The molecule has 0 aliphatic carbocycles. The second-order valence-electron chi connectivity index (χ2n) is 10.1. The summed E-state index contributed by atoms with van der Waals surface area (Å²) in [5.74, 6) is 0.730. The number of ether oxygens (including phenoxy) is 1. The third-order valence-electron chi connectivity index (χ3n) is 5.95. The van der Waals surface area contributed by atoms with Crippen molar-refractivity contribution in [3.05, 3.63) is 72.3 Å². The van der Waals surface area contributed by atoms with Gasteiger partial charge in [-0.15, -0.1) is 0 Å². The molecule has 0 saturated heterocycles. The van der Waals surface area contributed by atoms with Crippen molar-refractivity contribution >= 4 is 34.3 Å². The van der Waals surface area contributed by atoms with Gasteiger partial charge in [-0.05, 0) is 57.0 Å². The molecule has 11 heteroatoms. The molecule has 2 aromatic heterocycles. The molecule has 1 amide bonds. The van der Waals surface area contributed by atoms with Gasteiger partial charge in [0.25, 0.3) is 0 Å². The molecule has 8 nitrogen and oxygen atoms in total. The van der Waals surface area contributed by atoms with Crippen molar-refractivity contribution in [1.29, 1.82) is 0 Å². The summed E-state index contributed by atoms with van der Waals surface area (Å²) in [6.07, 6.45) is -1.07. The van der Waals surface area contributed by atoms with Crippen LogP contribution in [-0.4, -0.2) is 44.6 Å². The number of hydrogen-bond acceptors (Lipinski definition) is 7. The first-order valence-electron chi connectivity index (χ1n) is 12.3. The first-order chi connectivity index (χ1) is 18.5. The van der Waals surface area contributed by atoms with E-state index >= 15 is 0 Å². The van der Waals surface area contributed by atoms with Crippen LogP contribution in [0.5, 0.6) is 0 Å². The zero-order valence-electron chi connectivity index (χ0n) is 21.5. The van der Waals surface area contributed by atoms with Crippen LogP contribution in [0.1, 0.15) is 38.6 Å². The summed E-state index contributed by atoms with van der Waals surface area (Å²) in [6.45, 7) is 6.12. The van der Waals surface area contributed by atoms with Crippen molar-refractivity contribution in [1.82, 2.24) is 19.9 Å². The minimum absolute atomic E-state index is 0.0788. The molecule has 5 rings (SSSR count). The van der Waals surface area contributed by atoms with Crippen LogP contribution in [0.4, 0.5) is 29.6 Å². The molecule has 1 N–H and O–H groups in total. The molecule has 3 heterocycles. The highest BCUT2D eigenvalue weighted by Gasteiger charge is 2.30. The zero-order chi connectivity index (χ0) is 27.8. The molecule has 0 unspecified atom stereocenters. The molecule has 4 aromatic rings. The van der Waals surface area contributed by atoms with Crippen molar-refractivity contribution in [2.75, 3.05) is 18.4 Å². The van der Waals surface area contributed by atoms with Crippen LogP contribution < -0.4 is 5.32 Å². The van der Waals surface area contributed by atoms with Crippen molar-refractivity contribution in [2.24, 2.45) is 0 Å². The van der Waals surface area contributed by atoms with Gasteiger partial charge in [0.05, 0.1) is 11.1 Å². The highest BCUT2D eigenvalue weighted by molar-refractivity contribution is 5.92. The summed E-state index contributed by atoms with van der Waals surface area (Å²) in [5.41, 5.74) is 0.818. The number of fused-ring (bicyclic) bond motifs is 1. The van der Waals surface area contributed by atoms with Gasteiger partial charge in [0.1, 0.15) is 17.4 Å². The lowest BCUT2D eigenvalue weighted by atomic mass is 10.1. The zero-order valence-corrected chi connectivity index (χ0v) is 21.5. The van der Waals surface area contributed by atoms with Gasteiger partial charge in [-0.25, -0.2) is 9.78 Å². The summed E-state index contributed by atoms with van der Waals surface area (Å²) >= 11 is 0. The van der Waals surface area contributed by atoms with Crippen LogP contribution in [0.2, 0.25) is 0 Å². The molecule has 0 bridgehead atoms. The molecule has 0 saturated carbocycles. The van der Waals surface area contributed by atoms with Crippen LogP contribution in [-0.2, 0) is 10.9 Å². The third kappa shape index (κ3) is 6.02. The fraction of sp³-hybridized carbons (Fsp3) is 0.286. The summed E-state index contributed by atoms with van der Waals surface area (Å²) in [5, 5.41) is 3.68. The minimum Gasteiger partial charge on any atom is -0.464 e. The van der Waals surface area contributed by atoms with Crippen LogP contribution in [0.25, 0.3) is 27.9 Å². The maximum Gasteiger partial charge on any atom is 0.416 e. The molecular weight excluding hydrogens is 511 g/mol. The van der Waals surface area contributed by atoms with Crippen molar-refractivity contribution < 1.29 is 27.1 Å². The average molecular weight is 538 g/mol. The quantitative estimate of drug-likeness (QED) is 0.298. The molecule has 1 aliphatic heterocycles. The predicted molar refractivity (Wildman–Crippen MR) is 140 cm³/mol. The predicted octanol–water partition coefficient (Wildman–Crippen LogP) is 7.07. The lowest BCUT2D eigenvalue weighted by Crippen LogP contribution is -2.39. The van der Waals surface area contributed by atoms with E-state index in [0.29, 0.717) is 42.3 Å². The maximum atomic E-state index is 13.3. The smallest absolute Gasteiger partial charge is 0.416 e. The normalized spacial score (nSPS) is 14.3. The number of alkyl halides is 3. The number of aromatic nitrogens is 3. The lowest BCUT2D eigenvalue weighted by molar-refractivity contribution is -0.137. The van der Waals surface area contributed by atoms with E-state index < -0.39 is 23.4 Å². The number of hydrogen-bond donors (Lipinski definition) is 1. The Bertz CT molecular complexity index is 1560. The molecule has 0 atom stereocenters. The molecule has 0 spiro atoms. The van der Waals surface area contributed by atoms with Gasteiger partial charge in [0.2, 0.25) is 5.95 Å². The molecule has 2 aromatic carbocycles. The van der Waals surface area contributed by atoms with Gasteiger partial charge >= 0.3 is 12.3 Å². The largest absolute Gasteiger partial charge is 0.464 e. The second-order valence-corrected chi connectivity index (χ2v) is 10.1. The SMILES string of the molecule is CC(C)(C)OC(=O)N1CC=C(c2nc(Nc3cccc(C(F)(F)F)c3)nc(-c3coc4ccccc34)n2)CC1. The second kappa shape index (κ2) is 10.0. The molecule has 1 aliphatic rings. The van der Waals surface area contributed by atoms with Gasteiger partial charge in [-0.2, -0.15) is 23.1 Å². The first kappa shape index (κ1) is 26.2. The van der Waals surface area contributed by atoms with Gasteiger partial charge in [-0.3, -0.25) is 0 Å². The number of carbonyl (C=O) groups is 1. The van der Waals surface area contributed by atoms with E-state index in [-0.39, 0.29) is 11.6 Å². The number of furan rings is 1. The molecular formula is C28H26F3N5O3. The van der Waals surface area contributed by atoms with E-state index in [9.17, 15) is 18.0 Å². The molecule has 39 heavy (non-hydrogen) atoms. The number of halogens is 3. The Hall–Kier alpha value is -4.41. The van der Waals surface area contributed by atoms with Crippen LogP contribution in [0.15, 0.2) is 65.3 Å². The Morgan fingerprint density at radius 1 is 1.03 bits per heavy atom. The number of para-hydroxylation sites is 1. The third-order valence-corrected chi connectivity index (χ3v) is 5.95. The van der Waals surface area contributed by atoms with E-state index in [4.69, 9.17) is 9.15 Å². The Morgan fingerprint density at radius 3 is 2.51 bits per heavy atom. The van der Waals surface area contributed by atoms with Gasteiger partial charge in [-0.1, -0.05) is 30.3 Å². The summed E-state index contributed by atoms with van der Waals surface area (Å²) in [7, 11) is 0. The van der Waals surface area contributed by atoms with E-state index in [1.807, 2.05) is 30.3 Å². The molecule has 202 valence electrons. The van der Waals surface area contributed by atoms with Crippen LogP contribution in [0.3, 0.4) is 0 Å². The molecule has 0 fully saturated rings. The number of nitrogens with one attached hydrogen (secondary N) is 1. The summed E-state index contributed by atoms with van der Waals surface area (Å²) in [4.78, 5) is 27.8. The van der Waals surface area contributed by atoms with Crippen molar-refractivity contribution in [3.63, 3.8) is 0 Å².